The normalized spacial score (nSPS) is 12.6. The van der Waals surface area contributed by atoms with Gasteiger partial charge in [0.1, 0.15) is 0 Å². The number of rotatable bonds is 8. The van der Waals surface area contributed by atoms with Crippen molar-refractivity contribution in [3.05, 3.63) is 68.9 Å². The van der Waals surface area contributed by atoms with Crippen molar-refractivity contribution in [1.82, 2.24) is 19.2 Å². The Morgan fingerprint density at radius 3 is 1.27 bits per heavy atom. The molecule has 6 aromatic heterocycles. The maximum Gasteiger partial charge on any atom is 0.435 e. The highest BCUT2D eigenvalue weighted by Crippen LogP contribution is 2.38. The van der Waals surface area contributed by atoms with Crippen LogP contribution >= 0.6 is 22.7 Å². The van der Waals surface area contributed by atoms with Crippen molar-refractivity contribution in [2.24, 2.45) is 0 Å². The fraction of sp³-hybridized carbons (Fsp3) is 0.438. The number of aryl methyl sites for hydroxylation is 4. The van der Waals surface area contributed by atoms with Gasteiger partial charge in [0.2, 0.25) is 0 Å². The van der Waals surface area contributed by atoms with Crippen LogP contribution in [0.5, 0.6) is 0 Å². The summed E-state index contributed by atoms with van der Waals surface area (Å²) in [6.07, 6.45) is -1.97. The summed E-state index contributed by atoms with van der Waals surface area (Å²) >= 11 is 2.96. The number of aromatic nitrogens is 4. The van der Waals surface area contributed by atoms with Crippen LogP contribution < -0.4 is 0 Å². The standard InChI is InChI=1S/2C16H17F3N2S/c2*1-3-5-10-11-7-8-22-15(11)13-9-14(16(17,18)19)20-21(13)12(10)6-4-2/h2*7-9H,3-6H2,1-2H3. The average Bonchev–Trinajstić information content (AvgIpc) is 3.76. The average molecular weight is 653 g/mol. The second-order valence-corrected chi connectivity index (χ2v) is 12.7. The van der Waals surface area contributed by atoms with E-state index in [4.69, 9.17) is 0 Å². The molecule has 12 heteroatoms. The highest BCUT2D eigenvalue weighted by molar-refractivity contribution is 7.18. The zero-order valence-electron chi connectivity index (χ0n) is 25.0. The largest absolute Gasteiger partial charge is 0.435 e. The molecule has 0 N–H and O–H groups in total. The van der Waals surface area contributed by atoms with Crippen molar-refractivity contribution in [3.8, 4) is 0 Å². The molecule has 0 spiro atoms. The monoisotopic (exact) mass is 652 g/mol. The van der Waals surface area contributed by atoms with E-state index in [1.54, 1.807) is 0 Å². The van der Waals surface area contributed by atoms with Crippen LogP contribution in [0.3, 0.4) is 0 Å². The first kappa shape index (κ1) is 32.3. The summed E-state index contributed by atoms with van der Waals surface area (Å²) < 4.78 is 83.1. The molecule has 0 aromatic carbocycles. The Morgan fingerprint density at radius 2 is 0.955 bits per heavy atom. The molecule has 0 saturated carbocycles. The highest BCUT2D eigenvalue weighted by Gasteiger charge is 2.36. The second-order valence-electron chi connectivity index (χ2n) is 10.8. The van der Waals surface area contributed by atoms with E-state index in [-0.39, 0.29) is 0 Å². The summed E-state index contributed by atoms with van der Waals surface area (Å²) in [4.78, 5) is 0. The van der Waals surface area contributed by atoms with Crippen molar-refractivity contribution in [2.45, 2.75) is 91.4 Å². The molecule has 0 atom stereocenters. The first-order valence-corrected chi connectivity index (χ1v) is 16.7. The number of alkyl halides is 6. The van der Waals surface area contributed by atoms with E-state index in [1.807, 2.05) is 36.7 Å². The lowest BCUT2D eigenvalue weighted by atomic mass is 10.0. The van der Waals surface area contributed by atoms with Gasteiger partial charge in [0.15, 0.2) is 11.4 Å². The highest BCUT2D eigenvalue weighted by atomic mass is 32.1. The van der Waals surface area contributed by atoms with E-state index in [9.17, 15) is 26.3 Å². The molecular formula is C32H34F6N4S2. The molecule has 0 aliphatic carbocycles. The van der Waals surface area contributed by atoms with Gasteiger partial charge in [-0.3, -0.25) is 0 Å². The molecule has 0 unspecified atom stereocenters. The van der Waals surface area contributed by atoms with Crippen molar-refractivity contribution in [1.29, 1.82) is 0 Å². The topological polar surface area (TPSA) is 34.6 Å². The Balaban J connectivity index is 0.000000175. The number of hydrogen-bond acceptors (Lipinski definition) is 4. The molecule has 236 valence electrons. The second kappa shape index (κ2) is 12.7. The van der Waals surface area contributed by atoms with Crippen LogP contribution in [0, 0.1) is 0 Å². The minimum Gasteiger partial charge on any atom is -0.235 e. The Hall–Kier alpha value is -3.12. The van der Waals surface area contributed by atoms with Gasteiger partial charge in [0.05, 0.1) is 20.4 Å². The van der Waals surface area contributed by atoms with Crippen LogP contribution in [-0.2, 0) is 38.0 Å². The fourth-order valence-electron chi connectivity index (χ4n) is 5.88. The third-order valence-corrected chi connectivity index (χ3v) is 9.50. The molecule has 44 heavy (non-hydrogen) atoms. The smallest absolute Gasteiger partial charge is 0.235 e. The number of thiophene rings is 2. The first-order chi connectivity index (χ1) is 20.9. The van der Waals surface area contributed by atoms with Crippen LogP contribution in [0.15, 0.2) is 35.0 Å². The maximum absolute atomic E-state index is 13.0. The quantitative estimate of drug-likeness (QED) is 0.153. The summed E-state index contributed by atoms with van der Waals surface area (Å²) in [7, 11) is 0. The summed E-state index contributed by atoms with van der Waals surface area (Å²) in [6, 6.07) is 6.39. The number of nitrogens with zero attached hydrogens (tertiary/aromatic N) is 4. The van der Waals surface area contributed by atoms with Crippen LogP contribution in [0.2, 0.25) is 0 Å². The van der Waals surface area contributed by atoms with Crippen molar-refractivity contribution < 1.29 is 26.3 Å². The van der Waals surface area contributed by atoms with Crippen molar-refractivity contribution in [2.75, 3.05) is 0 Å². The Morgan fingerprint density at radius 1 is 0.591 bits per heavy atom. The lowest BCUT2D eigenvalue weighted by Gasteiger charge is -2.13. The number of pyridine rings is 2. The number of halogens is 6. The van der Waals surface area contributed by atoms with Gasteiger partial charge in [0, 0.05) is 11.4 Å². The SMILES string of the molecule is CCCc1c(CCC)n2nc(C(F)(F)F)cc2c2sccc12.CCCc1c(CCC)n2nc(C(F)(F)F)cc2c2sccc12. The zero-order chi connectivity index (χ0) is 31.8. The van der Waals surface area contributed by atoms with Gasteiger partial charge in [-0.2, -0.15) is 36.5 Å². The predicted octanol–water partition coefficient (Wildman–Crippen LogP) is 10.9. The Bertz CT molecular complexity index is 1770. The minimum absolute atomic E-state index is 0.570. The van der Waals surface area contributed by atoms with Crippen LogP contribution in [0.1, 0.15) is 87.3 Å². The van der Waals surface area contributed by atoms with Crippen LogP contribution in [-0.4, -0.2) is 19.2 Å². The van der Waals surface area contributed by atoms with Gasteiger partial charge >= 0.3 is 12.4 Å². The van der Waals surface area contributed by atoms with Gasteiger partial charge in [-0.25, -0.2) is 9.03 Å². The van der Waals surface area contributed by atoms with Crippen LogP contribution in [0.4, 0.5) is 26.3 Å². The van der Waals surface area contributed by atoms with Crippen molar-refractivity contribution in [3.63, 3.8) is 0 Å². The molecule has 0 aliphatic heterocycles. The molecule has 6 aromatic rings. The van der Waals surface area contributed by atoms with Gasteiger partial charge < -0.3 is 0 Å². The van der Waals surface area contributed by atoms with E-state index >= 15 is 0 Å². The molecule has 4 nitrogen and oxygen atoms in total. The van der Waals surface area contributed by atoms with Gasteiger partial charge in [-0.05, 0) is 82.6 Å². The zero-order valence-corrected chi connectivity index (χ0v) is 26.6. The molecule has 0 saturated heterocycles. The van der Waals surface area contributed by atoms with Crippen molar-refractivity contribution >= 4 is 53.9 Å². The molecule has 0 aliphatic rings. The van der Waals surface area contributed by atoms with Gasteiger partial charge in [-0.1, -0.05) is 53.4 Å². The van der Waals surface area contributed by atoms with E-state index in [0.29, 0.717) is 11.0 Å². The molecule has 6 rings (SSSR count). The first-order valence-electron chi connectivity index (χ1n) is 14.9. The summed E-state index contributed by atoms with van der Waals surface area (Å²) in [5.74, 6) is 0. The lowest BCUT2D eigenvalue weighted by Crippen LogP contribution is -2.08. The third kappa shape index (κ3) is 5.94. The lowest BCUT2D eigenvalue weighted by molar-refractivity contribution is -0.142. The summed E-state index contributed by atoms with van der Waals surface area (Å²) in [6.45, 7) is 8.24. The molecule has 0 bridgehead atoms. The van der Waals surface area contributed by atoms with Gasteiger partial charge in [0.25, 0.3) is 0 Å². The Kier molecular flexibility index (Phi) is 9.32. The minimum atomic E-state index is -4.41. The molecule has 6 heterocycles. The summed E-state index contributed by atoms with van der Waals surface area (Å²) in [5, 5.41) is 13.8. The van der Waals surface area contributed by atoms with E-state index in [2.05, 4.69) is 24.0 Å². The van der Waals surface area contributed by atoms with E-state index < -0.39 is 23.7 Å². The van der Waals surface area contributed by atoms with Crippen LogP contribution in [0.25, 0.3) is 31.2 Å². The number of fused-ring (bicyclic) bond motifs is 6. The van der Waals surface area contributed by atoms with E-state index in [1.165, 1.54) is 43.8 Å². The molecule has 0 radical (unpaired) electrons. The fourth-order valence-corrected chi connectivity index (χ4v) is 7.73. The Labute approximate surface area is 259 Å². The summed E-state index contributed by atoms with van der Waals surface area (Å²) in [5.41, 5.74) is 3.64. The third-order valence-electron chi connectivity index (χ3n) is 7.63. The molecule has 0 amide bonds. The van der Waals surface area contributed by atoms with E-state index in [0.717, 1.165) is 94.1 Å². The van der Waals surface area contributed by atoms with Gasteiger partial charge in [-0.15, -0.1) is 22.7 Å². The molecular weight excluding hydrogens is 619 g/mol. The maximum atomic E-state index is 13.0. The number of hydrogen-bond donors (Lipinski definition) is 0. The predicted molar refractivity (Wildman–Crippen MR) is 167 cm³/mol. The molecule has 0 fully saturated rings.